The summed E-state index contributed by atoms with van der Waals surface area (Å²) < 4.78 is 4.75. The highest BCUT2D eigenvalue weighted by atomic mass is 16.5. The second-order valence-electron chi connectivity index (χ2n) is 2.82. The first kappa shape index (κ1) is 12.9. The number of ether oxygens (including phenoxy) is 1. The van der Waals surface area contributed by atoms with Crippen LogP contribution in [0.25, 0.3) is 0 Å². The number of likely N-dealkylation sites (N-methyl/N-ethyl adjacent to an activating group) is 1. The number of hydrogen-bond acceptors (Lipinski definition) is 4. The molecule has 0 aliphatic rings. The van der Waals surface area contributed by atoms with Gasteiger partial charge in [-0.25, -0.2) is 4.79 Å². The molecule has 0 heterocycles. The Hall–Kier alpha value is -1.13. The normalized spacial score (nSPS) is 11.9. The SMILES string of the molecule is C=CC(=O)OCCCC(=C)C(O)NC. The lowest BCUT2D eigenvalue weighted by Gasteiger charge is -2.12. The lowest BCUT2D eigenvalue weighted by Crippen LogP contribution is -2.26. The quantitative estimate of drug-likeness (QED) is 0.207. The zero-order valence-corrected chi connectivity index (χ0v) is 8.45. The van der Waals surface area contributed by atoms with Crippen molar-refractivity contribution in [1.82, 2.24) is 5.32 Å². The van der Waals surface area contributed by atoms with Crippen LogP contribution in [0, 0.1) is 0 Å². The smallest absolute Gasteiger partial charge is 0.330 e. The van der Waals surface area contributed by atoms with E-state index in [-0.39, 0.29) is 0 Å². The molecule has 0 aliphatic carbocycles. The Morgan fingerprint density at radius 1 is 1.71 bits per heavy atom. The fourth-order valence-electron chi connectivity index (χ4n) is 0.872. The van der Waals surface area contributed by atoms with Crippen LogP contribution in [-0.2, 0) is 9.53 Å². The molecule has 0 fully saturated rings. The molecule has 14 heavy (non-hydrogen) atoms. The Balaban J connectivity index is 3.50. The van der Waals surface area contributed by atoms with Crippen molar-refractivity contribution in [2.75, 3.05) is 13.7 Å². The second kappa shape index (κ2) is 7.29. The fourth-order valence-corrected chi connectivity index (χ4v) is 0.872. The summed E-state index contributed by atoms with van der Waals surface area (Å²) in [5, 5.41) is 11.9. The summed E-state index contributed by atoms with van der Waals surface area (Å²) in [5.41, 5.74) is 0.683. The summed E-state index contributed by atoms with van der Waals surface area (Å²) in [5.74, 6) is -0.426. The Morgan fingerprint density at radius 3 is 2.86 bits per heavy atom. The molecule has 1 atom stereocenters. The van der Waals surface area contributed by atoms with Crippen LogP contribution in [0.3, 0.4) is 0 Å². The number of esters is 1. The minimum Gasteiger partial charge on any atom is -0.463 e. The summed E-state index contributed by atoms with van der Waals surface area (Å²) >= 11 is 0. The van der Waals surface area contributed by atoms with Crippen LogP contribution in [0.4, 0.5) is 0 Å². The zero-order valence-electron chi connectivity index (χ0n) is 8.45. The van der Waals surface area contributed by atoms with E-state index in [0.29, 0.717) is 25.0 Å². The molecule has 0 bridgehead atoms. The van der Waals surface area contributed by atoms with Crippen LogP contribution >= 0.6 is 0 Å². The average Bonchev–Trinajstić information content (AvgIpc) is 2.22. The lowest BCUT2D eigenvalue weighted by atomic mass is 10.1. The van der Waals surface area contributed by atoms with Crippen LogP contribution in [-0.4, -0.2) is 31.0 Å². The van der Waals surface area contributed by atoms with E-state index in [2.05, 4.69) is 18.5 Å². The third-order valence-electron chi connectivity index (χ3n) is 1.71. The van der Waals surface area contributed by atoms with E-state index in [0.717, 1.165) is 6.08 Å². The van der Waals surface area contributed by atoms with Gasteiger partial charge in [-0.15, -0.1) is 0 Å². The predicted octanol–water partition coefficient (Wildman–Crippen LogP) is 0.590. The highest BCUT2D eigenvalue weighted by Crippen LogP contribution is 2.05. The molecule has 2 N–H and O–H groups in total. The standard InChI is InChI=1S/C10H17NO3/c1-4-9(12)14-7-5-6-8(2)10(13)11-3/h4,10-11,13H,1-2,5-7H2,3H3. The number of nitrogens with one attached hydrogen (secondary N) is 1. The van der Waals surface area contributed by atoms with Crippen molar-refractivity contribution in [2.24, 2.45) is 0 Å². The predicted molar refractivity (Wildman–Crippen MR) is 54.6 cm³/mol. The number of aliphatic hydroxyl groups excluding tert-OH is 1. The molecule has 0 rings (SSSR count). The summed E-state index contributed by atoms with van der Waals surface area (Å²) in [6, 6.07) is 0. The van der Waals surface area contributed by atoms with E-state index in [1.165, 1.54) is 0 Å². The van der Waals surface area contributed by atoms with Crippen LogP contribution in [0.15, 0.2) is 24.8 Å². The van der Waals surface area contributed by atoms with Gasteiger partial charge in [0.25, 0.3) is 0 Å². The van der Waals surface area contributed by atoms with Gasteiger partial charge in [0.15, 0.2) is 0 Å². The molecule has 0 amide bonds. The first-order valence-electron chi connectivity index (χ1n) is 4.44. The molecular formula is C10H17NO3. The number of carbonyl (C=O) groups is 1. The van der Waals surface area contributed by atoms with Crippen LogP contribution in [0.2, 0.25) is 0 Å². The Morgan fingerprint density at radius 2 is 2.36 bits per heavy atom. The maximum absolute atomic E-state index is 10.6. The number of aliphatic hydroxyl groups is 1. The van der Waals surface area contributed by atoms with Gasteiger partial charge in [0, 0.05) is 6.08 Å². The molecule has 0 aliphatic heterocycles. The molecule has 0 spiro atoms. The van der Waals surface area contributed by atoms with Crippen molar-refractivity contribution >= 4 is 5.97 Å². The van der Waals surface area contributed by atoms with Gasteiger partial charge in [-0.2, -0.15) is 0 Å². The van der Waals surface area contributed by atoms with Crippen LogP contribution in [0.1, 0.15) is 12.8 Å². The topological polar surface area (TPSA) is 58.6 Å². The van der Waals surface area contributed by atoms with E-state index < -0.39 is 12.2 Å². The van der Waals surface area contributed by atoms with Gasteiger partial charge in [0.2, 0.25) is 0 Å². The van der Waals surface area contributed by atoms with E-state index in [1.54, 1.807) is 7.05 Å². The van der Waals surface area contributed by atoms with Crippen molar-refractivity contribution in [3.05, 3.63) is 24.8 Å². The van der Waals surface area contributed by atoms with Crippen molar-refractivity contribution in [2.45, 2.75) is 19.1 Å². The summed E-state index contributed by atoms with van der Waals surface area (Å²) in [4.78, 5) is 10.6. The van der Waals surface area contributed by atoms with Crippen LogP contribution < -0.4 is 5.32 Å². The van der Waals surface area contributed by atoms with Crippen molar-refractivity contribution in [1.29, 1.82) is 0 Å². The largest absolute Gasteiger partial charge is 0.463 e. The lowest BCUT2D eigenvalue weighted by molar-refractivity contribution is -0.137. The van der Waals surface area contributed by atoms with Gasteiger partial charge in [-0.1, -0.05) is 13.2 Å². The third kappa shape index (κ3) is 5.50. The molecule has 0 saturated carbocycles. The van der Waals surface area contributed by atoms with Crippen molar-refractivity contribution in [3.63, 3.8) is 0 Å². The Kier molecular flexibility index (Phi) is 6.70. The van der Waals surface area contributed by atoms with Gasteiger partial charge >= 0.3 is 5.97 Å². The highest BCUT2D eigenvalue weighted by Gasteiger charge is 2.05. The first-order chi connectivity index (χ1) is 6.61. The third-order valence-corrected chi connectivity index (χ3v) is 1.71. The van der Waals surface area contributed by atoms with E-state index >= 15 is 0 Å². The summed E-state index contributed by atoms with van der Waals surface area (Å²) in [7, 11) is 1.65. The minimum absolute atomic E-state index is 0.320. The Labute approximate surface area is 84.3 Å². The van der Waals surface area contributed by atoms with E-state index in [1.807, 2.05) is 0 Å². The molecule has 0 aromatic heterocycles. The molecule has 0 aromatic rings. The van der Waals surface area contributed by atoms with Gasteiger partial charge in [0.1, 0.15) is 6.23 Å². The van der Waals surface area contributed by atoms with Gasteiger partial charge in [-0.3, -0.25) is 5.32 Å². The molecular weight excluding hydrogens is 182 g/mol. The van der Waals surface area contributed by atoms with E-state index in [4.69, 9.17) is 4.74 Å². The van der Waals surface area contributed by atoms with Crippen LogP contribution in [0.5, 0.6) is 0 Å². The molecule has 1 unspecified atom stereocenters. The molecule has 0 aromatic carbocycles. The molecule has 4 heteroatoms. The highest BCUT2D eigenvalue weighted by molar-refractivity contribution is 5.81. The molecule has 0 saturated heterocycles. The van der Waals surface area contributed by atoms with Crippen molar-refractivity contribution in [3.8, 4) is 0 Å². The second-order valence-corrected chi connectivity index (χ2v) is 2.82. The maximum Gasteiger partial charge on any atom is 0.330 e. The van der Waals surface area contributed by atoms with Gasteiger partial charge < -0.3 is 9.84 Å². The Bertz CT molecular complexity index is 213. The van der Waals surface area contributed by atoms with E-state index in [9.17, 15) is 9.90 Å². The fraction of sp³-hybridized carbons (Fsp3) is 0.500. The summed E-state index contributed by atoms with van der Waals surface area (Å²) in [6.07, 6.45) is 1.70. The van der Waals surface area contributed by atoms with Gasteiger partial charge in [0.05, 0.1) is 6.61 Å². The minimum atomic E-state index is -0.690. The monoisotopic (exact) mass is 199 g/mol. The number of hydrogen-bond donors (Lipinski definition) is 2. The molecule has 80 valence electrons. The summed E-state index contributed by atoms with van der Waals surface area (Å²) in [6.45, 7) is 7.28. The number of carbonyl (C=O) groups excluding carboxylic acids is 1. The number of rotatable bonds is 7. The maximum atomic E-state index is 10.6. The van der Waals surface area contributed by atoms with Gasteiger partial charge in [-0.05, 0) is 25.5 Å². The molecule has 0 radical (unpaired) electrons. The first-order valence-corrected chi connectivity index (χ1v) is 4.44. The molecule has 4 nitrogen and oxygen atoms in total. The zero-order chi connectivity index (χ0) is 11.0. The average molecular weight is 199 g/mol. The van der Waals surface area contributed by atoms with Crippen molar-refractivity contribution < 1.29 is 14.6 Å².